The van der Waals surface area contributed by atoms with Crippen molar-refractivity contribution in [2.75, 3.05) is 19.5 Å². The average molecular weight is 328 g/mol. The zero-order valence-electron chi connectivity index (χ0n) is 13.3. The summed E-state index contributed by atoms with van der Waals surface area (Å²) in [6, 6.07) is 0. The Bertz CT molecular complexity index is 556. The molecule has 6 nitrogen and oxygen atoms in total. The Hall–Kier alpha value is -1.07. The highest BCUT2D eigenvalue weighted by molar-refractivity contribution is 7.72. The number of carbonyl (C=O) groups is 1. The molecule has 2 aliphatic heterocycles. The van der Waals surface area contributed by atoms with Crippen LogP contribution in [0.25, 0.3) is 0 Å². The summed E-state index contributed by atoms with van der Waals surface area (Å²) >= 11 is 0. The first-order valence-corrected chi connectivity index (χ1v) is 10.3. The Morgan fingerprint density at radius 1 is 1.55 bits per heavy atom. The molecule has 0 aromatic heterocycles. The number of nitrogens with zero attached hydrogens (tertiary/aromatic N) is 1. The molecule has 0 saturated carbocycles. The largest absolute Gasteiger partial charge is 0.390 e. The topological polar surface area (TPSA) is 82.0 Å². The van der Waals surface area contributed by atoms with Crippen LogP contribution < -0.4 is 5.32 Å². The summed E-state index contributed by atoms with van der Waals surface area (Å²) < 4.78 is 5.77. The van der Waals surface area contributed by atoms with Crippen LogP contribution >= 0.6 is 6.89 Å². The molecule has 1 amide bonds. The summed E-state index contributed by atoms with van der Waals surface area (Å²) in [5, 5.41) is 23.8. The molecule has 2 aliphatic rings. The van der Waals surface area contributed by atoms with Gasteiger partial charge in [-0.3, -0.25) is 9.69 Å². The predicted molar refractivity (Wildman–Crippen MR) is 88.6 cm³/mol. The second kappa shape index (κ2) is 5.85. The quantitative estimate of drug-likeness (QED) is 0.657. The molecule has 0 aromatic rings. The van der Waals surface area contributed by atoms with Gasteiger partial charge in [-0.05, 0) is 25.9 Å². The Morgan fingerprint density at radius 3 is 2.73 bits per heavy atom. The van der Waals surface area contributed by atoms with E-state index in [0.29, 0.717) is 6.42 Å². The van der Waals surface area contributed by atoms with Crippen molar-refractivity contribution < 1.29 is 19.7 Å². The molecule has 0 spiro atoms. The van der Waals surface area contributed by atoms with E-state index in [1.54, 1.807) is 6.92 Å². The van der Waals surface area contributed by atoms with E-state index in [1.165, 1.54) is 17.2 Å². The lowest BCUT2D eigenvalue weighted by Gasteiger charge is -2.40. The highest BCUT2D eigenvalue weighted by Crippen LogP contribution is 2.43. The molecule has 1 fully saturated rings. The SMILES string of the molecule is C=C1NC(=O)C=CN1[C@@]1(O)O[C@H](CCP(=C)(C)C)[C@@H](O)[C@H]1C. The van der Waals surface area contributed by atoms with Gasteiger partial charge in [0.25, 0.3) is 11.8 Å². The number of aliphatic hydroxyl groups excluding tert-OH is 1. The highest BCUT2D eigenvalue weighted by atomic mass is 31.2. The third-order valence-corrected chi connectivity index (χ3v) is 5.58. The Balaban J connectivity index is 2.17. The van der Waals surface area contributed by atoms with Crippen molar-refractivity contribution in [3.05, 3.63) is 24.7 Å². The zero-order valence-corrected chi connectivity index (χ0v) is 14.2. The van der Waals surface area contributed by atoms with Crippen LogP contribution in [0.3, 0.4) is 0 Å². The maximum atomic E-state index is 11.3. The monoisotopic (exact) mass is 328 g/mol. The van der Waals surface area contributed by atoms with Crippen LogP contribution in [-0.2, 0) is 9.53 Å². The van der Waals surface area contributed by atoms with Crippen LogP contribution in [0, 0.1) is 5.92 Å². The fraction of sp³-hybridized carbons (Fsp3) is 0.600. The molecule has 4 atom stereocenters. The summed E-state index contributed by atoms with van der Waals surface area (Å²) in [6.07, 6.45) is 7.09. The van der Waals surface area contributed by atoms with Gasteiger partial charge in [-0.15, -0.1) is 13.2 Å². The summed E-state index contributed by atoms with van der Waals surface area (Å²) in [7, 11) is 0. The van der Waals surface area contributed by atoms with Gasteiger partial charge in [-0.2, -0.15) is 0 Å². The fourth-order valence-electron chi connectivity index (χ4n) is 2.70. The summed E-state index contributed by atoms with van der Waals surface area (Å²) in [5.74, 6) is -2.37. The molecule has 7 heteroatoms. The van der Waals surface area contributed by atoms with Crippen molar-refractivity contribution >= 4 is 19.1 Å². The number of carbonyl (C=O) groups excluding carboxylic acids is 1. The van der Waals surface area contributed by atoms with Crippen LogP contribution in [0.1, 0.15) is 13.3 Å². The number of ether oxygens (including phenoxy) is 1. The molecular formula is C15H25N2O4P. The summed E-state index contributed by atoms with van der Waals surface area (Å²) in [6.45, 7) is 8.44. The maximum absolute atomic E-state index is 11.3. The van der Waals surface area contributed by atoms with E-state index in [9.17, 15) is 15.0 Å². The number of aliphatic hydroxyl groups is 2. The van der Waals surface area contributed by atoms with Crippen LogP contribution in [0.5, 0.6) is 0 Å². The van der Waals surface area contributed by atoms with E-state index in [1.807, 2.05) is 0 Å². The van der Waals surface area contributed by atoms with E-state index in [-0.39, 0.29) is 11.7 Å². The molecule has 0 aliphatic carbocycles. The second-order valence-electron chi connectivity index (χ2n) is 6.66. The van der Waals surface area contributed by atoms with Crippen molar-refractivity contribution in [2.24, 2.45) is 5.92 Å². The molecule has 3 N–H and O–H groups in total. The third-order valence-electron chi connectivity index (χ3n) is 4.11. The minimum Gasteiger partial charge on any atom is -0.390 e. The van der Waals surface area contributed by atoms with Crippen LogP contribution in [0.2, 0.25) is 0 Å². The molecule has 1 saturated heterocycles. The van der Waals surface area contributed by atoms with Gasteiger partial charge in [-0.1, -0.05) is 13.5 Å². The lowest BCUT2D eigenvalue weighted by atomic mass is 9.98. The van der Waals surface area contributed by atoms with Crippen LogP contribution in [0.4, 0.5) is 0 Å². The molecule has 0 bridgehead atoms. The van der Waals surface area contributed by atoms with Gasteiger partial charge in [0.15, 0.2) is 0 Å². The molecule has 2 heterocycles. The van der Waals surface area contributed by atoms with Crippen molar-refractivity contribution in [1.29, 1.82) is 0 Å². The van der Waals surface area contributed by atoms with Gasteiger partial charge in [0.2, 0.25) is 0 Å². The average Bonchev–Trinajstić information content (AvgIpc) is 2.61. The molecule has 0 radical (unpaired) electrons. The first kappa shape index (κ1) is 17.3. The number of rotatable bonds is 4. The van der Waals surface area contributed by atoms with Gasteiger partial charge < -0.3 is 20.3 Å². The first-order valence-electron chi connectivity index (χ1n) is 7.27. The number of hydrogen-bond donors (Lipinski definition) is 3. The number of nitrogens with one attached hydrogen (secondary N) is 1. The maximum Gasteiger partial charge on any atom is 0.259 e. The van der Waals surface area contributed by atoms with Gasteiger partial charge >= 0.3 is 0 Å². The Labute approximate surface area is 131 Å². The van der Waals surface area contributed by atoms with E-state index < -0.39 is 30.9 Å². The van der Waals surface area contributed by atoms with Gasteiger partial charge in [0.05, 0.1) is 18.1 Å². The Morgan fingerprint density at radius 2 is 2.18 bits per heavy atom. The molecule has 0 aromatic carbocycles. The fourth-order valence-corrected chi connectivity index (χ4v) is 3.66. The van der Waals surface area contributed by atoms with Crippen molar-refractivity contribution in [1.82, 2.24) is 10.2 Å². The number of hydrogen-bond acceptors (Lipinski definition) is 5. The third kappa shape index (κ3) is 3.30. The van der Waals surface area contributed by atoms with Crippen molar-refractivity contribution in [3.63, 3.8) is 0 Å². The predicted octanol–water partition coefficient (Wildman–Crippen LogP) is 0.544. The Kier molecular flexibility index (Phi) is 4.60. The molecule has 22 heavy (non-hydrogen) atoms. The summed E-state index contributed by atoms with van der Waals surface area (Å²) in [4.78, 5) is 12.7. The van der Waals surface area contributed by atoms with Crippen molar-refractivity contribution in [3.8, 4) is 0 Å². The van der Waals surface area contributed by atoms with E-state index in [0.717, 1.165) is 6.16 Å². The van der Waals surface area contributed by atoms with E-state index >= 15 is 0 Å². The van der Waals surface area contributed by atoms with Gasteiger partial charge in [0, 0.05) is 12.3 Å². The highest BCUT2D eigenvalue weighted by Gasteiger charge is 2.55. The van der Waals surface area contributed by atoms with Crippen LogP contribution in [-0.4, -0.2) is 64.9 Å². The smallest absolute Gasteiger partial charge is 0.259 e. The lowest BCUT2D eigenvalue weighted by molar-refractivity contribution is -0.277. The number of amides is 1. The second-order valence-corrected chi connectivity index (χ2v) is 11.0. The molecule has 2 rings (SSSR count). The molecular weight excluding hydrogens is 303 g/mol. The normalized spacial score (nSPS) is 35.9. The van der Waals surface area contributed by atoms with E-state index in [4.69, 9.17) is 4.74 Å². The van der Waals surface area contributed by atoms with Gasteiger partial charge in [0.1, 0.15) is 5.82 Å². The van der Waals surface area contributed by atoms with Crippen molar-refractivity contribution in [2.45, 2.75) is 31.5 Å². The van der Waals surface area contributed by atoms with E-state index in [2.05, 4.69) is 31.5 Å². The zero-order chi connectivity index (χ0) is 16.7. The summed E-state index contributed by atoms with van der Waals surface area (Å²) in [5.41, 5.74) is 0. The lowest BCUT2D eigenvalue weighted by Crippen LogP contribution is -2.54. The minimum absolute atomic E-state index is 0.222. The molecule has 124 valence electrons. The van der Waals surface area contributed by atoms with Gasteiger partial charge in [-0.25, -0.2) is 0 Å². The standard InChI is InChI=1S/C15H25N2O4P/c1-10-14(19)12(7-9-22(3,4)5)21-15(10,20)17-8-6-13(18)16-11(17)2/h6,8,10,12,14,19-20H,2-3,7,9H2,1,4-5H3,(H,16,18)/t10-,12-,14+,15+/m1/s1. The first-order chi connectivity index (χ1) is 10.0. The molecule has 0 unspecified atom stereocenters. The minimum atomic E-state index is -1.73. The van der Waals surface area contributed by atoms with Crippen LogP contribution in [0.15, 0.2) is 24.7 Å².